The first-order valence-electron chi connectivity index (χ1n) is 5.37. The highest BCUT2D eigenvalue weighted by molar-refractivity contribution is 5.97. The van der Waals surface area contributed by atoms with Crippen LogP contribution in [0.25, 0.3) is 0 Å². The zero-order valence-electron chi connectivity index (χ0n) is 10.1. The van der Waals surface area contributed by atoms with Crippen molar-refractivity contribution in [3.05, 3.63) is 36.4 Å². The molecule has 1 aromatic rings. The van der Waals surface area contributed by atoms with Gasteiger partial charge in [0.2, 0.25) is 0 Å². The van der Waals surface area contributed by atoms with Crippen molar-refractivity contribution < 1.29 is 14.6 Å². The Kier molecular flexibility index (Phi) is 4.57. The van der Waals surface area contributed by atoms with Crippen LogP contribution in [0.1, 0.15) is 23.7 Å². The fourth-order valence-electron chi connectivity index (χ4n) is 1.43. The molecule has 1 unspecified atom stereocenters. The zero-order chi connectivity index (χ0) is 12.8. The lowest BCUT2D eigenvalue weighted by Gasteiger charge is -2.13. The van der Waals surface area contributed by atoms with Crippen molar-refractivity contribution in [2.75, 3.05) is 7.11 Å². The Morgan fingerprint density at radius 1 is 1.65 bits per heavy atom. The third-order valence-electron chi connectivity index (χ3n) is 2.35. The van der Waals surface area contributed by atoms with Gasteiger partial charge in [-0.05, 0) is 31.5 Å². The van der Waals surface area contributed by atoms with Crippen molar-refractivity contribution in [2.24, 2.45) is 0 Å². The van der Waals surface area contributed by atoms with Gasteiger partial charge in [-0.3, -0.25) is 4.79 Å². The van der Waals surface area contributed by atoms with Gasteiger partial charge in [-0.15, -0.1) is 6.58 Å². The number of hydrogen-bond acceptors (Lipinski definition) is 3. The van der Waals surface area contributed by atoms with E-state index in [-0.39, 0.29) is 23.3 Å². The monoisotopic (exact) mass is 235 g/mol. The first-order chi connectivity index (χ1) is 8.08. The third-order valence-corrected chi connectivity index (χ3v) is 2.35. The van der Waals surface area contributed by atoms with Crippen molar-refractivity contribution in [2.45, 2.75) is 19.4 Å². The number of nitrogens with one attached hydrogen (secondary N) is 1. The van der Waals surface area contributed by atoms with Gasteiger partial charge in [0, 0.05) is 6.04 Å². The molecule has 0 spiro atoms. The quantitative estimate of drug-likeness (QED) is 0.768. The van der Waals surface area contributed by atoms with Crippen LogP contribution in [0.3, 0.4) is 0 Å². The van der Waals surface area contributed by atoms with Crippen LogP contribution in [0.2, 0.25) is 0 Å². The molecule has 0 fully saturated rings. The maximum Gasteiger partial charge on any atom is 0.255 e. The van der Waals surface area contributed by atoms with Crippen molar-refractivity contribution in [1.29, 1.82) is 0 Å². The van der Waals surface area contributed by atoms with Gasteiger partial charge >= 0.3 is 0 Å². The van der Waals surface area contributed by atoms with Gasteiger partial charge < -0.3 is 15.2 Å². The highest BCUT2D eigenvalue weighted by Gasteiger charge is 2.14. The van der Waals surface area contributed by atoms with E-state index in [4.69, 9.17) is 4.74 Å². The zero-order valence-corrected chi connectivity index (χ0v) is 10.1. The van der Waals surface area contributed by atoms with Gasteiger partial charge in [-0.2, -0.15) is 0 Å². The molecule has 4 heteroatoms. The number of carbonyl (C=O) groups excluding carboxylic acids is 1. The minimum absolute atomic E-state index is 0.0226. The van der Waals surface area contributed by atoms with Gasteiger partial charge in [0.15, 0.2) is 0 Å². The number of carbonyl (C=O) groups is 1. The summed E-state index contributed by atoms with van der Waals surface area (Å²) in [6.45, 7) is 5.48. The van der Waals surface area contributed by atoms with Crippen molar-refractivity contribution in [1.82, 2.24) is 5.32 Å². The summed E-state index contributed by atoms with van der Waals surface area (Å²) < 4.78 is 5.01. The van der Waals surface area contributed by atoms with Crippen molar-refractivity contribution in [3.63, 3.8) is 0 Å². The number of methoxy groups -OCH3 is 1. The molecule has 4 nitrogen and oxygen atoms in total. The van der Waals surface area contributed by atoms with E-state index < -0.39 is 0 Å². The predicted octanol–water partition coefficient (Wildman–Crippen LogP) is 2.10. The molecule has 0 heterocycles. The van der Waals surface area contributed by atoms with Crippen LogP contribution in [0.15, 0.2) is 30.9 Å². The van der Waals surface area contributed by atoms with E-state index in [0.29, 0.717) is 12.2 Å². The van der Waals surface area contributed by atoms with E-state index in [2.05, 4.69) is 11.9 Å². The topological polar surface area (TPSA) is 58.6 Å². The van der Waals surface area contributed by atoms with Gasteiger partial charge in [0.1, 0.15) is 11.5 Å². The molecule has 1 rings (SSSR count). The molecule has 0 aliphatic heterocycles. The molecule has 1 amide bonds. The molecule has 0 aromatic heterocycles. The minimum atomic E-state index is -0.323. The number of hydrogen-bond donors (Lipinski definition) is 2. The lowest BCUT2D eigenvalue weighted by molar-refractivity contribution is 0.0937. The molecule has 0 bridgehead atoms. The SMILES string of the molecule is C=CCC(C)NC(=O)c1cc(OC)ccc1O. The average Bonchev–Trinajstić information content (AvgIpc) is 2.29. The molecule has 1 aromatic carbocycles. The van der Waals surface area contributed by atoms with Crippen LogP contribution in [0.5, 0.6) is 11.5 Å². The van der Waals surface area contributed by atoms with Crippen LogP contribution in [-0.4, -0.2) is 24.2 Å². The summed E-state index contributed by atoms with van der Waals surface area (Å²) in [7, 11) is 1.51. The lowest BCUT2D eigenvalue weighted by Crippen LogP contribution is -2.32. The highest BCUT2D eigenvalue weighted by Crippen LogP contribution is 2.22. The van der Waals surface area contributed by atoms with Crippen molar-refractivity contribution in [3.8, 4) is 11.5 Å². The second-order valence-corrected chi connectivity index (χ2v) is 3.78. The average molecular weight is 235 g/mol. The van der Waals surface area contributed by atoms with E-state index in [9.17, 15) is 9.90 Å². The van der Waals surface area contributed by atoms with Crippen LogP contribution < -0.4 is 10.1 Å². The number of amides is 1. The summed E-state index contributed by atoms with van der Waals surface area (Å²) in [6.07, 6.45) is 2.41. The first-order valence-corrected chi connectivity index (χ1v) is 5.37. The summed E-state index contributed by atoms with van der Waals surface area (Å²) in [5, 5.41) is 12.4. The maximum atomic E-state index is 11.9. The van der Waals surface area contributed by atoms with Gasteiger partial charge in [0.25, 0.3) is 5.91 Å². The fraction of sp³-hybridized carbons (Fsp3) is 0.308. The Balaban J connectivity index is 2.84. The van der Waals surface area contributed by atoms with Crippen LogP contribution in [0, 0.1) is 0 Å². The molecule has 0 radical (unpaired) electrons. The molecule has 2 N–H and O–H groups in total. The van der Waals surface area contributed by atoms with Gasteiger partial charge in [0.05, 0.1) is 12.7 Å². The normalized spacial score (nSPS) is 11.6. The van der Waals surface area contributed by atoms with E-state index in [0.717, 1.165) is 0 Å². The number of aromatic hydroxyl groups is 1. The molecule has 1 atom stereocenters. The van der Waals surface area contributed by atoms with Crippen LogP contribution in [0.4, 0.5) is 0 Å². The molecule has 0 aliphatic carbocycles. The van der Waals surface area contributed by atoms with E-state index >= 15 is 0 Å². The van der Waals surface area contributed by atoms with Crippen molar-refractivity contribution >= 4 is 5.91 Å². The maximum absolute atomic E-state index is 11.9. The molecule has 17 heavy (non-hydrogen) atoms. The second kappa shape index (κ2) is 5.94. The smallest absolute Gasteiger partial charge is 0.255 e. The molecule has 0 aliphatic rings. The Labute approximate surface area is 101 Å². The van der Waals surface area contributed by atoms with E-state index in [1.165, 1.54) is 19.2 Å². The minimum Gasteiger partial charge on any atom is -0.507 e. The summed E-state index contributed by atoms with van der Waals surface area (Å²) in [5.74, 6) is 0.147. The van der Waals surface area contributed by atoms with E-state index in [1.54, 1.807) is 12.1 Å². The summed E-state index contributed by atoms with van der Waals surface area (Å²) in [6, 6.07) is 4.52. The Bertz CT molecular complexity index is 415. The number of rotatable bonds is 5. The standard InChI is InChI=1S/C13H17NO3/c1-4-5-9(2)14-13(16)11-8-10(17-3)6-7-12(11)15/h4,6-9,15H,1,5H2,2-3H3,(H,14,16). The first kappa shape index (κ1) is 13.1. The van der Waals surface area contributed by atoms with Gasteiger partial charge in [-0.25, -0.2) is 0 Å². The summed E-state index contributed by atoms with van der Waals surface area (Å²) in [5.41, 5.74) is 0.209. The summed E-state index contributed by atoms with van der Waals surface area (Å²) in [4.78, 5) is 11.9. The molecule has 0 saturated carbocycles. The largest absolute Gasteiger partial charge is 0.507 e. The molecule has 0 saturated heterocycles. The Morgan fingerprint density at radius 2 is 2.35 bits per heavy atom. The van der Waals surface area contributed by atoms with Crippen LogP contribution in [-0.2, 0) is 0 Å². The molecule has 92 valence electrons. The predicted molar refractivity (Wildman–Crippen MR) is 66.4 cm³/mol. The number of benzene rings is 1. The van der Waals surface area contributed by atoms with Gasteiger partial charge in [-0.1, -0.05) is 6.08 Å². The summed E-state index contributed by atoms with van der Waals surface area (Å²) >= 11 is 0. The number of phenols is 1. The number of ether oxygens (including phenoxy) is 1. The fourth-order valence-corrected chi connectivity index (χ4v) is 1.43. The molecular formula is C13H17NO3. The number of phenolic OH excluding ortho intramolecular Hbond substituents is 1. The van der Waals surface area contributed by atoms with E-state index in [1.807, 2.05) is 6.92 Å². The third kappa shape index (κ3) is 3.52. The Hall–Kier alpha value is -1.97. The second-order valence-electron chi connectivity index (χ2n) is 3.78. The van der Waals surface area contributed by atoms with Crippen LogP contribution >= 0.6 is 0 Å². The highest BCUT2D eigenvalue weighted by atomic mass is 16.5. The lowest BCUT2D eigenvalue weighted by atomic mass is 10.1. The Morgan fingerprint density at radius 3 is 2.94 bits per heavy atom. The molecular weight excluding hydrogens is 218 g/mol.